The maximum Gasteiger partial charge on any atom is 0.367 e. The molecule has 11 heavy (non-hydrogen) atoms. The minimum atomic E-state index is -2.97. The topological polar surface area (TPSA) is 26.3 Å². The molecule has 0 bridgehead atoms. The number of carbonyl (C=O) groups excluding carboxylic acids is 1. The molecule has 0 aromatic rings. The summed E-state index contributed by atoms with van der Waals surface area (Å²) >= 11 is 0. The van der Waals surface area contributed by atoms with E-state index in [0.717, 1.165) is 0 Å². The predicted octanol–water partition coefficient (Wildman–Crippen LogP) is 1.67. The number of hydrogen-bond acceptors (Lipinski definition) is 2. The molecular formula is C6H7F3O2. The predicted molar refractivity (Wildman–Crippen MR) is 31.8 cm³/mol. The van der Waals surface area contributed by atoms with Crippen molar-refractivity contribution in [2.24, 2.45) is 0 Å². The molecule has 0 aliphatic heterocycles. The second kappa shape index (κ2) is 4.76. The summed E-state index contributed by atoms with van der Waals surface area (Å²) in [6.07, 6.45) is -3.07. The van der Waals surface area contributed by atoms with Crippen molar-refractivity contribution in [1.82, 2.24) is 0 Å². The van der Waals surface area contributed by atoms with Gasteiger partial charge in [0.2, 0.25) is 5.83 Å². The van der Waals surface area contributed by atoms with Crippen molar-refractivity contribution in [2.75, 3.05) is 6.61 Å². The van der Waals surface area contributed by atoms with E-state index in [9.17, 15) is 18.0 Å². The lowest BCUT2D eigenvalue weighted by Crippen LogP contribution is -2.05. The average molecular weight is 168 g/mol. The zero-order chi connectivity index (χ0) is 8.85. The molecule has 0 heterocycles. The van der Waals surface area contributed by atoms with Gasteiger partial charge in [0, 0.05) is 6.08 Å². The quantitative estimate of drug-likeness (QED) is 0.473. The first-order valence-corrected chi connectivity index (χ1v) is 2.90. The minimum absolute atomic E-state index is 0.0384. The molecule has 0 amide bonds. The highest BCUT2D eigenvalue weighted by Gasteiger charge is 2.11. The van der Waals surface area contributed by atoms with Crippen LogP contribution in [-0.4, -0.2) is 19.0 Å². The third-order valence-corrected chi connectivity index (χ3v) is 0.743. The Hall–Kier alpha value is -1.00. The maximum atomic E-state index is 12.1. The third-order valence-electron chi connectivity index (χ3n) is 0.743. The molecule has 0 fully saturated rings. The number of esters is 1. The zero-order valence-corrected chi connectivity index (χ0v) is 5.81. The van der Waals surface area contributed by atoms with Crippen molar-refractivity contribution in [3.63, 3.8) is 0 Å². The molecule has 0 radical (unpaired) electrons. The van der Waals surface area contributed by atoms with Crippen molar-refractivity contribution in [1.29, 1.82) is 0 Å². The van der Waals surface area contributed by atoms with Gasteiger partial charge in [-0.2, -0.15) is 4.39 Å². The van der Waals surface area contributed by atoms with Crippen molar-refractivity contribution in [2.45, 2.75) is 13.3 Å². The SMILES string of the molecule is CCOC(=O)/C(F)=C/C(F)F. The Kier molecular flexibility index (Phi) is 4.33. The molecule has 0 aromatic heterocycles. The summed E-state index contributed by atoms with van der Waals surface area (Å²) in [4.78, 5) is 10.3. The Labute approximate surface area is 61.6 Å². The fourth-order valence-corrected chi connectivity index (χ4v) is 0.379. The minimum Gasteiger partial charge on any atom is -0.461 e. The molecule has 0 N–H and O–H groups in total. The molecule has 0 unspecified atom stereocenters. The van der Waals surface area contributed by atoms with E-state index >= 15 is 0 Å². The van der Waals surface area contributed by atoms with Gasteiger partial charge in [0.15, 0.2) is 0 Å². The highest BCUT2D eigenvalue weighted by Crippen LogP contribution is 2.04. The smallest absolute Gasteiger partial charge is 0.367 e. The lowest BCUT2D eigenvalue weighted by atomic mass is 10.5. The summed E-state index contributed by atoms with van der Waals surface area (Å²) in [6.45, 7) is 1.41. The Bertz CT molecular complexity index is 165. The van der Waals surface area contributed by atoms with E-state index < -0.39 is 18.2 Å². The molecule has 0 aromatic carbocycles. The van der Waals surface area contributed by atoms with Gasteiger partial charge in [-0.1, -0.05) is 0 Å². The van der Waals surface area contributed by atoms with Gasteiger partial charge >= 0.3 is 5.97 Å². The van der Waals surface area contributed by atoms with Crippen LogP contribution in [0.25, 0.3) is 0 Å². The van der Waals surface area contributed by atoms with E-state index in [1.807, 2.05) is 0 Å². The fraction of sp³-hybridized carbons (Fsp3) is 0.500. The van der Waals surface area contributed by atoms with E-state index in [1.54, 1.807) is 0 Å². The lowest BCUT2D eigenvalue weighted by Gasteiger charge is -1.97. The van der Waals surface area contributed by atoms with E-state index in [2.05, 4.69) is 4.74 Å². The second-order valence-electron chi connectivity index (χ2n) is 1.57. The third kappa shape index (κ3) is 4.41. The van der Waals surface area contributed by atoms with Crippen molar-refractivity contribution < 1.29 is 22.7 Å². The van der Waals surface area contributed by atoms with Crippen molar-refractivity contribution in [3.8, 4) is 0 Å². The number of carbonyl (C=O) groups is 1. The van der Waals surface area contributed by atoms with Crippen LogP contribution < -0.4 is 0 Å². The normalized spacial score (nSPS) is 11.9. The van der Waals surface area contributed by atoms with Crippen LogP contribution in [-0.2, 0) is 9.53 Å². The van der Waals surface area contributed by atoms with Crippen LogP contribution >= 0.6 is 0 Å². The molecule has 0 rings (SSSR count). The number of allylic oxidation sites excluding steroid dienone is 1. The summed E-state index contributed by atoms with van der Waals surface area (Å²) < 4.78 is 39.0. The summed E-state index contributed by atoms with van der Waals surface area (Å²) in [6, 6.07) is 0. The molecule has 0 atom stereocenters. The maximum absolute atomic E-state index is 12.1. The number of halogens is 3. The number of ether oxygens (including phenoxy) is 1. The standard InChI is InChI=1S/C6H7F3O2/c1-2-11-6(10)4(7)3-5(8)9/h3,5H,2H2,1H3/b4-3-. The first-order valence-electron chi connectivity index (χ1n) is 2.90. The molecule has 0 aliphatic carbocycles. The number of rotatable bonds is 3. The highest BCUT2D eigenvalue weighted by atomic mass is 19.3. The molecule has 5 heteroatoms. The summed E-state index contributed by atoms with van der Waals surface area (Å²) in [5.74, 6) is -2.91. The average Bonchev–Trinajstić information content (AvgIpc) is 1.86. The Morgan fingerprint density at radius 3 is 2.55 bits per heavy atom. The van der Waals surface area contributed by atoms with Gasteiger partial charge in [-0.3, -0.25) is 0 Å². The van der Waals surface area contributed by atoms with Crippen LogP contribution in [0.5, 0.6) is 0 Å². The van der Waals surface area contributed by atoms with Crippen molar-refractivity contribution in [3.05, 3.63) is 11.9 Å². The van der Waals surface area contributed by atoms with Crippen LogP contribution in [0.1, 0.15) is 6.92 Å². The van der Waals surface area contributed by atoms with E-state index in [-0.39, 0.29) is 12.7 Å². The zero-order valence-electron chi connectivity index (χ0n) is 5.81. The van der Waals surface area contributed by atoms with E-state index in [1.165, 1.54) is 6.92 Å². The first kappa shape index (κ1) is 10.0. The van der Waals surface area contributed by atoms with Gasteiger partial charge in [-0.25, -0.2) is 13.6 Å². The number of alkyl halides is 2. The summed E-state index contributed by atoms with van der Waals surface area (Å²) in [5, 5.41) is 0. The molecule has 0 aliphatic rings. The van der Waals surface area contributed by atoms with Gasteiger partial charge in [0.1, 0.15) is 0 Å². The summed E-state index contributed by atoms with van der Waals surface area (Å²) in [5.41, 5.74) is 0. The second-order valence-corrected chi connectivity index (χ2v) is 1.57. The molecular weight excluding hydrogens is 161 g/mol. The Balaban J connectivity index is 4.01. The number of hydrogen-bond donors (Lipinski definition) is 0. The van der Waals surface area contributed by atoms with Crippen LogP contribution in [0.4, 0.5) is 13.2 Å². The monoisotopic (exact) mass is 168 g/mol. The molecule has 0 saturated carbocycles. The van der Waals surface area contributed by atoms with Crippen LogP contribution in [0.2, 0.25) is 0 Å². The highest BCUT2D eigenvalue weighted by molar-refractivity contribution is 5.85. The van der Waals surface area contributed by atoms with Gasteiger partial charge < -0.3 is 4.74 Å². The lowest BCUT2D eigenvalue weighted by molar-refractivity contribution is -0.140. The summed E-state index contributed by atoms with van der Waals surface area (Å²) in [7, 11) is 0. The van der Waals surface area contributed by atoms with Gasteiger partial charge in [0.05, 0.1) is 6.61 Å². The van der Waals surface area contributed by atoms with Gasteiger partial charge in [-0.05, 0) is 6.92 Å². The van der Waals surface area contributed by atoms with Crippen LogP contribution in [0.3, 0.4) is 0 Å². The largest absolute Gasteiger partial charge is 0.461 e. The van der Waals surface area contributed by atoms with Gasteiger partial charge in [0.25, 0.3) is 6.43 Å². The molecule has 0 spiro atoms. The van der Waals surface area contributed by atoms with Crippen LogP contribution in [0.15, 0.2) is 11.9 Å². The molecule has 2 nitrogen and oxygen atoms in total. The van der Waals surface area contributed by atoms with Crippen LogP contribution in [0, 0.1) is 0 Å². The first-order chi connectivity index (χ1) is 5.07. The van der Waals surface area contributed by atoms with E-state index in [0.29, 0.717) is 0 Å². The Morgan fingerprint density at radius 1 is 1.64 bits per heavy atom. The fourth-order valence-electron chi connectivity index (χ4n) is 0.379. The van der Waals surface area contributed by atoms with Crippen molar-refractivity contribution >= 4 is 5.97 Å². The Morgan fingerprint density at radius 2 is 2.18 bits per heavy atom. The molecule has 0 saturated heterocycles. The van der Waals surface area contributed by atoms with Gasteiger partial charge in [-0.15, -0.1) is 0 Å². The molecule has 64 valence electrons. The van der Waals surface area contributed by atoms with E-state index in [4.69, 9.17) is 0 Å².